The highest BCUT2D eigenvalue weighted by molar-refractivity contribution is 5.94. The fourth-order valence-corrected chi connectivity index (χ4v) is 1.72. The zero-order valence-electron chi connectivity index (χ0n) is 8.62. The summed E-state index contributed by atoms with van der Waals surface area (Å²) in [5, 5.41) is 28.2. The van der Waals surface area contributed by atoms with E-state index in [2.05, 4.69) is 0 Å². The monoisotopic (exact) mass is 224 g/mol. The second kappa shape index (κ2) is 3.77. The molecule has 5 heteroatoms. The minimum Gasteiger partial charge on any atom is -0.508 e. The lowest BCUT2D eigenvalue weighted by molar-refractivity contribution is -0.0587. The summed E-state index contributed by atoms with van der Waals surface area (Å²) >= 11 is 0. The van der Waals surface area contributed by atoms with Crippen molar-refractivity contribution < 1.29 is 24.9 Å². The van der Waals surface area contributed by atoms with E-state index in [-0.39, 0.29) is 11.3 Å². The van der Waals surface area contributed by atoms with Gasteiger partial charge in [-0.15, -0.1) is 0 Å². The van der Waals surface area contributed by atoms with E-state index in [0.717, 1.165) is 0 Å². The number of phenolic OH excluding ortho intramolecular Hbond substituents is 1. The van der Waals surface area contributed by atoms with Crippen LogP contribution in [0, 0.1) is 0 Å². The van der Waals surface area contributed by atoms with Gasteiger partial charge in [-0.25, -0.2) is 4.79 Å². The predicted molar refractivity (Wildman–Crippen MR) is 54.0 cm³/mol. The second-order valence-corrected chi connectivity index (χ2v) is 3.83. The summed E-state index contributed by atoms with van der Waals surface area (Å²) in [6.07, 6.45) is -3.05. The van der Waals surface area contributed by atoms with Crippen LogP contribution >= 0.6 is 0 Å². The van der Waals surface area contributed by atoms with Crippen LogP contribution in [0.15, 0.2) is 18.2 Å². The van der Waals surface area contributed by atoms with E-state index in [1.807, 2.05) is 0 Å². The van der Waals surface area contributed by atoms with Crippen molar-refractivity contribution in [3.05, 3.63) is 29.3 Å². The van der Waals surface area contributed by atoms with Crippen molar-refractivity contribution in [3.63, 3.8) is 0 Å². The number of rotatable bonds is 2. The topological polar surface area (TPSA) is 87.0 Å². The lowest BCUT2D eigenvalue weighted by Crippen LogP contribution is -2.29. The quantitative estimate of drug-likeness (QED) is 0.631. The number of cyclic esters (lactones) is 1. The molecule has 1 aromatic carbocycles. The van der Waals surface area contributed by atoms with E-state index in [9.17, 15) is 20.1 Å². The summed E-state index contributed by atoms with van der Waals surface area (Å²) in [6.45, 7) is 1.41. The number of ether oxygens (including phenoxy) is 1. The highest BCUT2D eigenvalue weighted by Gasteiger charge is 2.37. The van der Waals surface area contributed by atoms with Gasteiger partial charge in [0.05, 0.1) is 11.7 Å². The molecule has 86 valence electrons. The summed E-state index contributed by atoms with van der Waals surface area (Å²) in [5.74, 6) is -0.640. The third kappa shape index (κ3) is 1.64. The van der Waals surface area contributed by atoms with Gasteiger partial charge < -0.3 is 20.1 Å². The van der Waals surface area contributed by atoms with Gasteiger partial charge in [-0.05, 0) is 19.1 Å². The van der Waals surface area contributed by atoms with E-state index in [1.165, 1.54) is 25.1 Å². The molecule has 2 rings (SSSR count). The lowest BCUT2D eigenvalue weighted by Gasteiger charge is -2.20. The van der Waals surface area contributed by atoms with Gasteiger partial charge in [0, 0.05) is 5.56 Å². The van der Waals surface area contributed by atoms with Gasteiger partial charge in [-0.1, -0.05) is 6.07 Å². The second-order valence-electron chi connectivity index (χ2n) is 3.83. The molecular weight excluding hydrogens is 212 g/mol. The number of aliphatic hydroxyl groups excluding tert-OH is 2. The summed E-state index contributed by atoms with van der Waals surface area (Å²) in [4.78, 5) is 11.4. The molecule has 0 amide bonds. The number of hydrogen-bond acceptors (Lipinski definition) is 5. The molecule has 0 aliphatic carbocycles. The highest BCUT2D eigenvalue weighted by atomic mass is 16.6. The lowest BCUT2D eigenvalue weighted by atomic mass is 9.99. The van der Waals surface area contributed by atoms with Crippen LogP contribution in [0.5, 0.6) is 5.75 Å². The van der Waals surface area contributed by atoms with Crippen molar-refractivity contribution in [2.75, 3.05) is 0 Å². The molecule has 0 saturated heterocycles. The van der Waals surface area contributed by atoms with Gasteiger partial charge in [0.15, 0.2) is 6.10 Å². The molecule has 0 spiro atoms. The van der Waals surface area contributed by atoms with Gasteiger partial charge in [0.25, 0.3) is 0 Å². The van der Waals surface area contributed by atoms with Crippen molar-refractivity contribution in [1.29, 1.82) is 0 Å². The van der Waals surface area contributed by atoms with Crippen LogP contribution in [0.25, 0.3) is 0 Å². The third-order valence-electron chi connectivity index (χ3n) is 2.60. The molecule has 0 bridgehead atoms. The van der Waals surface area contributed by atoms with E-state index in [1.54, 1.807) is 0 Å². The number of fused-ring (bicyclic) bond motifs is 1. The zero-order valence-corrected chi connectivity index (χ0v) is 8.62. The Morgan fingerprint density at radius 3 is 2.69 bits per heavy atom. The predicted octanol–water partition coefficient (Wildman–Crippen LogP) is 0.345. The first-order valence-electron chi connectivity index (χ1n) is 4.90. The van der Waals surface area contributed by atoms with Gasteiger partial charge in [0.2, 0.25) is 0 Å². The maximum Gasteiger partial charge on any atom is 0.339 e. The van der Waals surface area contributed by atoms with E-state index in [4.69, 9.17) is 4.74 Å². The molecule has 1 aliphatic rings. The average molecular weight is 224 g/mol. The maximum absolute atomic E-state index is 11.4. The van der Waals surface area contributed by atoms with E-state index < -0.39 is 24.3 Å². The first kappa shape index (κ1) is 10.9. The largest absolute Gasteiger partial charge is 0.508 e. The summed E-state index contributed by atoms with van der Waals surface area (Å²) < 4.78 is 4.95. The molecular formula is C11H12O5. The Kier molecular flexibility index (Phi) is 2.57. The van der Waals surface area contributed by atoms with Crippen molar-refractivity contribution >= 4 is 5.97 Å². The Bertz CT molecular complexity index is 426. The first-order valence-corrected chi connectivity index (χ1v) is 4.90. The van der Waals surface area contributed by atoms with Crippen LogP contribution in [-0.2, 0) is 4.74 Å². The number of hydrogen-bond donors (Lipinski definition) is 3. The number of phenols is 1. The summed E-state index contributed by atoms with van der Waals surface area (Å²) in [6, 6.07) is 4.20. The number of benzene rings is 1. The Morgan fingerprint density at radius 1 is 1.38 bits per heavy atom. The summed E-state index contributed by atoms with van der Waals surface area (Å²) in [7, 11) is 0. The van der Waals surface area contributed by atoms with E-state index >= 15 is 0 Å². The zero-order chi connectivity index (χ0) is 11.9. The Morgan fingerprint density at radius 2 is 2.06 bits per heavy atom. The molecule has 1 heterocycles. The maximum atomic E-state index is 11.4. The molecule has 0 aromatic heterocycles. The third-order valence-corrected chi connectivity index (χ3v) is 2.60. The molecule has 0 radical (unpaired) electrons. The number of carbonyl (C=O) groups excluding carboxylic acids is 1. The summed E-state index contributed by atoms with van der Waals surface area (Å²) in [5.41, 5.74) is 0.709. The fraction of sp³-hybridized carbons (Fsp3) is 0.364. The van der Waals surface area contributed by atoms with Gasteiger partial charge in [-0.3, -0.25) is 0 Å². The molecule has 0 saturated carbocycles. The van der Waals surface area contributed by atoms with Gasteiger partial charge >= 0.3 is 5.97 Å². The molecule has 1 aromatic rings. The SMILES string of the molecule is C[C@H](O)[C@H](O)[C@H]1OC(=O)c2cc(O)ccc21. The highest BCUT2D eigenvalue weighted by Crippen LogP contribution is 2.35. The molecule has 3 N–H and O–H groups in total. The normalized spacial score (nSPS) is 22.4. The van der Waals surface area contributed by atoms with Gasteiger partial charge in [-0.2, -0.15) is 0 Å². The van der Waals surface area contributed by atoms with Crippen molar-refractivity contribution in [3.8, 4) is 5.75 Å². The fourth-order valence-electron chi connectivity index (χ4n) is 1.72. The minimum atomic E-state index is -1.17. The molecule has 0 fully saturated rings. The van der Waals surface area contributed by atoms with Crippen LogP contribution < -0.4 is 0 Å². The molecule has 1 aliphatic heterocycles. The smallest absolute Gasteiger partial charge is 0.339 e. The number of aliphatic hydroxyl groups is 2. The minimum absolute atomic E-state index is 0.0390. The molecule has 0 unspecified atom stereocenters. The van der Waals surface area contributed by atoms with Crippen LogP contribution in [0.2, 0.25) is 0 Å². The Hall–Kier alpha value is -1.59. The van der Waals surface area contributed by atoms with Crippen molar-refractivity contribution in [1.82, 2.24) is 0 Å². The van der Waals surface area contributed by atoms with Crippen LogP contribution in [0.4, 0.5) is 0 Å². The number of aromatic hydroxyl groups is 1. The number of carbonyl (C=O) groups is 1. The van der Waals surface area contributed by atoms with Crippen molar-refractivity contribution in [2.45, 2.75) is 25.2 Å². The average Bonchev–Trinajstić information content (AvgIpc) is 2.55. The first-order chi connectivity index (χ1) is 7.50. The molecule has 16 heavy (non-hydrogen) atoms. The molecule has 3 atom stereocenters. The Balaban J connectivity index is 2.40. The standard InChI is InChI=1S/C11H12O5/c1-5(12)9(14)10-7-3-2-6(13)4-8(7)11(15)16-10/h2-5,9-10,12-14H,1H3/t5-,9-,10-/m0/s1. The van der Waals surface area contributed by atoms with Crippen LogP contribution in [-0.4, -0.2) is 33.5 Å². The Labute approximate surface area is 91.9 Å². The van der Waals surface area contributed by atoms with E-state index in [0.29, 0.717) is 5.56 Å². The van der Waals surface area contributed by atoms with Gasteiger partial charge in [0.1, 0.15) is 11.9 Å². The molecule has 5 nitrogen and oxygen atoms in total. The van der Waals surface area contributed by atoms with Crippen molar-refractivity contribution in [2.24, 2.45) is 0 Å². The van der Waals surface area contributed by atoms with Crippen LogP contribution in [0.3, 0.4) is 0 Å². The van der Waals surface area contributed by atoms with Crippen LogP contribution in [0.1, 0.15) is 28.9 Å². The number of esters is 1.